The summed E-state index contributed by atoms with van der Waals surface area (Å²) in [5, 5.41) is 0. The Morgan fingerprint density at radius 2 is 2.22 bits per heavy atom. The highest BCUT2D eigenvalue weighted by Crippen LogP contribution is 2.37. The number of halogens is 1. The maximum Gasteiger partial charge on any atom is 0.270 e. The fraction of sp³-hybridized carbons (Fsp3) is 0.643. The van der Waals surface area contributed by atoms with Crippen LogP contribution < -0.4 is 0 Å². The van der Waals surface area contributed by atoms with Crippen molar-refractivity contribution < 1.29 is 4.79 Å². The van der Waals surface area contributed by atoms with E-state index in [0.717, 1.165) is 36.1 Å². The molecule has 0 bridgehead atoms. The van der Waals surface area contributed by atoms with Crippen LogP contribution in [0.5, 0.6) is 0 Å². The maximum atomic E-state index is 12.5. The van der Waals surface area contributed by atoms with E-state index in [1.54, 1.807) is 0 Å². The summed E-state index contributed by atoms with van der Waals surface area (Å²) < 4.78 is 3.14. The van der Waals surface area contributed by atoms with Gasteiger partial charge in [-0.25, -0.2) is 0 Å². The summed E-state index contributed by atoms with van der Waals surface area (Å²) in [6.07, 6.45) is 6.63. The lowest BCUT2D eigenvalue weighted by Crippen LogP contribution is -2.33. The van der Waals surface area contributed by atoms with Gasteiger partial charge in [-0.15, -0.1) is 0 Å². The molecule has 3 nitrogen and oxygen atoms in total. The minimum absolute atomic E-state index is 0.170. The van der Waals surface area contributed by atoms with E-state index in [-0.39, 0.29) is 5.91 Å². The lowest BCUT2D eigenvalue weighted by atomic mass is 10.3. The molecule has 1 fully saturated rings. The molecule has 100 valence electrons. The van der Waals surface area contributed by atoms with E-state index in [0.29, 0.717) is 6.04 Å². The first-order chi connectivity index (χ1) is 8.67. The van der Waals surface area contributed by atoms with Gasteiger partial charge < -0.3 is 9.47 Å². The third kappa shape index (κ3) is 2.97. The number of aromatic nitrogens is 1. The molecule has 1 saturated carbocycles. The third-order valence-corrected chi connectivity index (χ3v) is 3.86. The molecule has 0 N–H and O–H groups in total. The van der Waals surface area contributed by atoms with Gasteiger partial charge in [-0.05, 0) is 48.2 Å². The quantitative estimate of drug-likeness (QED) is 0.783. The zero-order chi connectivity index (χ0) is 13.1. The van der Waals surface area contributed by atoms with Gasteiger partial charge in [0.15, 0.2) is 0 Å². The second-order valence-corrected chi connectivity index (χ2v) is 5.84. The molecule has 1 aromatic heterocycles. The van der Waals surface area contributed by atoms with Gasteiger partial charge in [0.2, 0.25) is 0 Å². The Morgan fingerprint density at radius 1 is 1.50 bits per heavy atom. The molecule has 1 amide bonds. The van der Waals surface area contributed by atoms with Crippen molar-refractivity contribution in [3.63, 3.8) is 0 Å². The van der Waals surface area contributed by atoms with Crippen LogP contribution in [0.3, 0.4) is 0 Å². The molecule has 1 heterocycles. The summed E-state index contributed by atoms with van der Waals surface area (Å²) in [5.74, 6) is 0.170. The van der Waals surface area contributed by atoms with E-state index in [2.05, 4.69) is 27.4 Å². The van der Waals surface area contributed by atoms with Crippen molar-refractivity contribution in [1.29, 1.82) is 0 Å². The highest BCUT2D eigenvalue weighted by molar-refractivity contribution is 9.10. The molecule has 0 unspecified atom stereocenters. The zero-order valence-corrected chi connectivity index (χ0v) is 12.7. The summed E-state index contributed by atoms with van der Waals surface area (Å²) in [4.78, 5) is 14.5. The van der Waals surface area contributed by atoms with Crippen LogP contribution in [0.1, 0.15) is 56.1 Å². The van der Waals surface area contributed by atoms with Crippen molar-refractivity contribution >= 4 is 21.8 Å². The number of nitrogens with zero attached hydrogens (tertiary/aromatic N) is 2. The average Bonchev–Trinajstić information content (AvgIpc) is 3.13. The largest absolute Gasteiger partial charge is 0.339 e. The molecule has 1 aromatic rings. The molecular formula is C14H21BrN2O. The molecular weight excluding hydrogens is 292 g/mol. The van der Waals surface area contributed by atoms with Crippen LogP contribution in [-0.4, -0.2) is 28.5 Å². The Labute approximate surface area is 117 Å². The van der Waals surface area contributed by atoms with E-state index in [1.807, 2.05) is 24.1 Å². The van der Waals surface area contributed by atoms with Crippen LogP contribution in [0, 0.1) is 0 Å². The second-order valence-electron chi connectivity index (χ2n) is 4.92. The molecule has 0 saturated heterocycles. The van der Waals surface area contributed by atoms with Crippen molar-refractivity contribution in [2.24, 2.45) is 0 Å². The fourth-order valence-corrected chi connectivity index (χ4v) is 2.62. The van der Waals surface area contributed by atoms with Gasteiger partial charge in [-0.2, -0.15) is 0 Å². The van der Waals surface area contributed by atoms with Crippen molar-refractivity contribution in [1.82, 2.24) is 9.47 Å². The summed E-state index contributed by atoms with van der Waals surface area (Å²) in [6.45, 7) is 5.85. The Kier molecular flexibility index (Phi) is 4.49. The number of amides is 1. The molecule has 0 radical (unpaired) electrons. The number of carbonyl (C=O) groups excluding carboxylic acids is 1. The fourth-order valence-electron chi connectivity index (χ4n) is 2.19. The Hall–Kier alpha value is -0.770. The minimum Gasteiger partial charge on any atom is -0.339 e. The lowest BCUT2D eigenvalue weighted by Gasteiger charge is -2.21. The highest BCUT2D eigenvalue weighted by Gasteiger charge is 2.29. The Balaban J connectivity index is 2.15. The highest BCUT2D eigenvalue weighted by atomic mass is 79.9. The predicted molar refractivity (Wildman–Crippen MR) is 76.9 cm³/mol. The van der Waals surface area contributed by atoms with Crippen LogP contribution >= 0.6 is 15.9 Å². The van der Waals surface area contributed by atoms with Gasteiger partial charge in [0.25, 0.3) is 5.91 Å². The number of rotatable bonds is 6. The monoisotopic (exact) mass is 312 g/mol. The summed E-state index contributed by atoms with van der Waals surface area (Å²) >= 11 is 3.48. The topological polar surface area (TPSA) is 25.2 Å². The predicted octanol–water partition coefficient (Wildman–Crippen LogP) is 3.85. The number of carbonyl (C=O) groups is 1. The molecule has 0 spiro atoms. The van der Waals surface area contributed by atoms with Crippen LogP contribution in [-0.2, 0) is 0 Å². The van der Waals surface area contributed by atoms with Gasteiger partial charge in [0.05, 0.1) is 0 Å². The lowest BCUT2D eigenvalue weighted by molar-refractivity contribution is 0.0751. The molecule has 0 aliphatic heterocycles. The van der Waals surface area contributed by atoms with Crippen molar-refractivity contribution in [3.05, 3.63) is 22.4 Å². The van der Waals surface area contributed by atoms with Crippen molar-refractivity contribution in [3.8, 4) is 0 Å². The standard InChI is InChI=1S/C14H21BrN2O/c1-3-5-8-16(4-2)14(18)13-9-11(15)10-17(13)12-6-7-12/h9-10,12H,3-8H2,1-2H3. The van der Waals surface area contributed by atoms with Crippen molar-refractivity contribution in [2.75, 3.05) is 13.1 Å². The normalized spacial score (nSPS) is 14.8. The van der Waals surface area contributed by atoms with Gasteiger partial charge in [0.1, 0.15) is 5.69 Å². The van der Waals surface area contributed by atoms with Gasteiger partial charge in [-0.3, -0.25) is 4.79 Å². The molecule has 2 rings (SSSR count). The van der Waals surface area contributed by atoms with Crippen LogP contribution in [0.2, 0.25) is 0 Å². The number of hydrogen-bond acceptors (Lipinski definition) is 1. The van der Waals surface area contributed by atoms with Gasteiger partial charge in [-0.1, -0.05) is 13.3 Å². The third-order valence-electron chi connectivity index (χ3n) is 3.43. The van der Waals surface area contributed by atoms with E-state index in [9.17, 15) is 4.79 Å². The van der Waals surface area contributed by atoms with Crippen LogP contribution in [0.25, 0.3) is 0 Å². The SMILES string of the molecule is CCCCN(CC)C(=O)c1cc(Br)cn1C1CC1. The summed E-state index contributed by atoms with van der Waals surface area (Å²) in [5.41, 5.74) is 0.835. The maximum absolute atomic E-state index is 12.5. The molecule has 18 heavy (non-hydrogen) atoms. The molecule has 1 aliphatic rings. The van der Waals surface area contributed by atoms with E-state index < -0.39 is 0 Å². The van der Waals surface area contributed by atoms with E-state index in [1.165, 1.54) is 12.8 Å². The van der Waals surface area contributed by atoms with E-state index >= 15 is 0 Å². The van der Waals surface area contributed by atoms with Crippen molar-refractivity contribution in [2.45, 2.75) is 45.6 Å². The van der Waals surface area contributed by atoms with Gasteiger partial charge >= 0.3 is 0 Å². The number of unbranched alkanes of at least 4 members (excludes halogenated alkanes) is 1. The molecule has 1 aliphatic carbocycles. The first-order valence-corrected chi connectivity index (χ1v) is 7.63. The smallest absolute Gasteiger partial charge is 0.270 e. The second kappa shape index (κ2) is 5.91. The Morgan fingerprint density at radius 3 is 2.78 bits per heavy atom. The molecule has 0 atom stereocenters. The molecule has 0 aromatic carbocycles. The first-order valence-electron chi connectivity index (χ1n) is 6.84. The molecule has 4 heteroatoms. The zero-order valence-electron chi connectivity index (χ0n) is 11.2. The van der Waals surface area contributed by atoms with Crippen LogP contribution in [0.15, 0.2) is 16.7 Å². The Bertz CT molecular complexity index is 423. The van der Waals surface area contributed by atoms with Gasteiger partial charge in [0, 0.05) is 29.8 Å². The first kappa shape index (κ1) is 13.7. The van der Waals surface area contributed by atoms with E-state index in [4.69, 9.17) is 0 Å². The van der Waals surface area contributed by atoms with Crippen LogP contribution in [0.4, 0.5) is 0 Å². The summed E-state index contributed by atoms with van der Waals surface area (Å²) in [6, 6.07) is 2.50. The minimum atomic E-state index is 0.170. The average molecular weight is 313 g/mol. The number of hydrogen-bond donors (Lipinski definition) is 0. The summed E-state index contributed by atoms with van der Waals surface area (Å²) in [7, 11) is 0.